The molecule has 110 valence electrons. The van der Waals surface area contributed by atoms with Gasteiger partial charge in [-0.1, -0.05) is 17.7 Å². The number of likely N-dealkylation sites (tertiary alicyclic amines) is 1. The fraction of sp³-hybridized carbons (Fsp3) is 0.647. The first-order valence-electron chi connectivity index (χ1n) is 7.96. The summed E-state index contributed by atoms with van der Waals surface area (Å²) in [7, 11) is 0. The van der Waals surface area contributed by atoms with Crippen molar-refractivity contribution in [3.63, 3.8) is 0 Å². The zero-order valence-corrected chi connectivity index (χ0v) is 12.5. The molecule has 2 saturated heterocycles. The molecular weight excluding hydrogens is 248 g/mol. The van der Waals surface area contributed by atoms with E-state index < -0.39 is 0 Å². The molecule has 3 heteroatoms. The second-order valence-electron chi connectivity index (χ2n) is 6.29. The van der Waals surface area contributed by atoms with Crippen LogP contribution in [0.25, 0.3) is 0 Å². The molecule has 2 aliphatic rings. The maximum absolute atomic E-state index is 6.09. The molecule has 0 aromatic heterocycles. The largest absolute Gasteiger partial charge is 0.490 e. The van der Waals surface area contributed by atoms with E-state index in [0.29, 0.717) is 6.10 Å². The van der Waals surface area contributed by atoms with Gasteiger partial charge in [-0.15, -0.1) is 0 Å². The molecule has 2 fully saturated rings. The topological polar surface area (TPSA) is 24.5 Å². The normalized spacial score (nSPS) is 24.9. The van der Waals surface area contributed by atoms with Gasteiger partial charge < -0.3 is 15.0 Å². The van der Waals surface area contributed by atoms with Crippen molar-refractivity contribution < 1.29 is 4.74 Å². The van der Waals surface area contributed by atoms with Gasteiger partial charge in [0, 0.05) is 19.6 Å². The average Bonchev–Trinajstić information content (AvgIpc) is 2.96. The molecule has 0 bridgehead atoms. The van der Waals surface area contributed by atoms with Gasteiger partial charge in [-0.05, 0) is 57.3 Å². The highest BCUT2D eigenvalue weighted by atomic mass is 16.5. The van der Waals surface area contributed by atoms with Crippen LogP contribution in [-0.4, -0.2) is 43.7 Å². The second-order valence-corrected chi connectivity index (χ2v) is 6.29. The smallest absolute Gasteiger partial charge is 0.119 e. The number of benzene rings is 1. The summed E-state index contributed by atoms with van der Waals surface area (Å²) in [4.78, 5) is 2.62. The van der Waals surface area contributed by atoms with Crippen LogP contribution in [0.4, 0.5) is 0 Å². The molecule has 3 rings (SSSR count). The van der Waals surface area contributed by atoms with Gasteiger partial charge in [-0.25, -0.2) is 0 Å². The molecular formula is C17H26N2O. The molecule has 0 unspecified atom stereocenters. The number of rotatable bonds is 4. The van der Waals surface area contributed by atoms with Gasteiger partial charge in [0.15, 0.2) is 0 Å². The zero-order valence-electron chi connectivity index (χ0n) is 12.5. The zero-order chi connectivity index (χ0) is 13.8. The molecule has 0 aliphatic carbocycles. The van der Waals surface area contributed by atoms with E-state index >= 15 is 0 Å². The first kappa shape index (κ1) is 13.9. The second kappa shape index (κ2) is 6.59. The highest BCUT2D eigenvalue weighted by Crippen LogP contribution is 2.20. The minimum Gasteiger partial charge on any atom is -0.490 e. The van der Waals surface area contributed by atoms with Crippen LogP contribution in [0.5, 0.6) is 5.75 Å². The fourth-order valence-corrected chi connectivity index (χ4v) is 3.25. The third-order valence-corrected chi connectivity index (χ3v) is 4.54. The Kier molecular flexibility index (Phi) is 4.58. The maximum atomic E-state index is 6.09. The monoisotopic (exact) mass is 274 g/mol. The summed E-state index contributed by atoms with van der Waals surface area (Å²) in [6, 6.07) is 8.42. The van der Waals surface area contributed by atoms with Crippen molar-refractivity contribution in [1.29, 1.82) is 0 Å². The van der Waals surface area contributed by atoms with Crippen molar-refractivity contribution in [2.24, 2.45) is 5.92 Å². The van der Waals surface area contributed by atoms with E-state index in [4.69, 9.17) is 4.74 Å². The van der Waals surface area contributed by atoms with E-state index in [1.165, 1.54) is 44.7 Å². The van der Waals surface area contributed by atoms with Crippen LogP contribution < -0.4 is 10.1 Å². The SMILES string of the molecule is Cc1ccc(OC2CCN(C[C@@H]3CCNC3)CC2)cc1. The van der Waals surface area contributed by atoms with Crippen LogP contribution in [0.15, 0.2) is 24.3 Å². The summed E-state index contributed by atoms with van der Waals surface area (Å²) in [6.45, 7) is 8.17. The van der Waals surface area contributed by atoms with Crippen molar-refractivity contribution in [2.45, 2.75) is 32.3 Å². The van der Waals surface area contributed by atoms with E-state index in [1.54, 1.807) is 0 Å². The Morgan fingerprint density at radius 2 is 1.90 bits per heavy atom. The van der Waals surface area contributed by atoms with Gasteiger partial charge >= 0.3 is 0 Å². The third kappa shape index (κ3) is 3.74. The number of piperidine rings is 1. The van der Waals surface area contributed by atoms with E-state index in [9.17, 15) is 0 Å². The molecule has 1 aromatic carbocycles. The number of hydrogen-bond acceptors (Lipinski definition) is 3. The first-order chi connectivity index (χ1) is 9.79. The van der Waals surface area contributed by atoms with Crippen molar-refractivity contribution in [1.82, 2.24) is 10.2 Å². The predicted molar refractivity (Wildman–Crippen MR) is 82.2 cm³/mol. The lowest BCUT2D eigenvalue weighted by Crippen LogP contribution is -2.40. The molecule has 20 heavy (non-hydrogen) atoms. The summed E-state index contributed by atoms with van der Waals surface area (Å²) in [5, 5.41) is 3.46. The molecule has 0 radical (unpaired) electrons. The average molecular weight is 274 g/mol. The molecule has 2 heterocycles. The number of nitrogens with zero attached hydrogens (tertiary/aromatic N) is 1. The molecule has 1 atom stereocenters. The lowest BCUT2D eigenvalue weighted by Gasteiger charge is -2.33. The summed E-state index contributed by atoms with van der Waals surface area (Å²) >= 11 is 0. The van der Waals surface area contributed by atoms with Crippen molar-refractivity contribution in [3.8, 4) is 5.75 Å². The highest BCUT2D eigenvalue weighted by molar-refractivity contribution is 5.26. The Balaban J connectivity index is 1.42. The third-order valence-electron chi connectivity index (χ3n) is 4.54. The Morgan fingerprint density at radius 1 is 1.15 bits per heavy atom. The van der Waals surface area contributed by atoms with Gasteiger partial charge in [-0.3, -0.25) is 0 Å². The summed E-state index contributed by atoms with van der Waals surface area (Å²) < 4.78 is 6.09. The Hall–Kier alpha value is -1.06. The molecule has 0 amide bonds. The quantitative estimate of drug-likeness (QED) is 0.913. The molecule has 3 nitrogen and oxygen atoms in total. The summed E-state index contributed by atoms with van der Waals surface area (Å²) in [5.41, 5.74) is 1.29. The number of aryl methyl sites for hydroxylation is 1. The van der Waals surface area contributed by atoms with Crippen LogP contribution in [0.2, 0.25) is 0 Å². The first-order valence-corrected chi connectivity index (χ1v) is 7.96. The van der Waals surface area contributed by atoms with Crippen molar-refractivity contribution >= 4 is 0 Å². The van der Waals surface area contributed by atoms with Gasteiger partial charge in [-0.2, -0.15) is 0 Å². The number of ether oxygens (including phenoxy) is 1. The Labute approximate surface area is 122 Å². The van der Waals surface area contributed by atoms with Gasteiger partial charge in [0.05, 0.1) is 0 Å². The standard InChI is InChI=1S/C17H26N2O/c1-14-2-4-16(5-3-14)20-17-7-10-19(11-8-17)13-15-6-9-18-12-15/h2-5,15,17-18H,6-13H2,1H3/t15-/m1/s1. The highest BCUT2D eigenvalue weighted by Gasteiger charge is 2.24. The van der Waals surface area contributed by atoms with E-state index in [0.717, 1.165) is 24.5 Å². The number of nitrogens with one attached hydrogen (secondary N) is 1. The van der Waals surface area contributed by atoms with Gasteiger partial charge in [0.25, 0.3) is 0 Å². The fourth-order valence-electron chi connectivity index (χ4n) is 3.25. The predicted octanol–water partition coefficient (Wildman–Crippen LogP) is 2.45. The minimum atomic E-state index is 0.399. The van der Waals surface area contributed by atoms with Crippen LogP contribution in [-0.2, 0) is 0 Å². The van der Waals surface area contributed by atoms with E-state index in [-0.39, 0.29) is 0 Å². The molecule has 0 saturated carbocycles. The molecule has 1 aromatic rings. The van der Waals surface area contributed by atoms with Crippen LogP contribution in [0.3, 0.4) is 0 Å². The molecule has 0 spiro atoms. The molecule has 1 N–H and O–H groups in total. The van der Waals surface area contributed by atoms with Gasteiger partial charge in [0.1, 0.15) is 11.9 Å². The Morgan fingerprint density at radius 3 is 2.55 bits per heavy atom. The lowest BCUT2D eigenvalue weighted by atomic mass is 10.0. The van der Waals surface area contributed by atoms with Crippen LogP contribution in [0, 0.1) is 12.8 Å². The summed E-state index contributed by atoms with van der Waals surface area (Å²) in [5.74, 6) is 1.89. The number of hydrogen-bond donors (Lipinski definition) is 1. The maximum Gasteiger partial charge on any atom is 0.119 e. The van der Waals surface area contributed by atoms with Crippen molar-refractivity contribution in [3.05, 3.63) is 29.8 Å². The van der Waals surface area contributed by atoms with Crippen LogP contribution >= 0.6 is 0 Å². The van der Waals surface area contributed by atoms with Gasteiger partial charge in [0.2, 0.25) is 0 Å². The van der Waals surface area contributed by atoms with Crippen LogP contribution in [0.1, 0.15) is 24.8 Å². The Bertz CT molecular complexity index is 404. The van der Waals surface area contributed by atoms with E-state index in [2.05, 4.69) is 41.4 Å². The molecule has 2 aliphatic heterocycles. The summed E-state index contributed by atoms with van der Waals surface area (Å²) in [6.07, 6.45) is 4.07. The van der Waals surface area contributed by atoms with E-state index in [1.807, 2.05) is 0 Å². The van der Waals surface area contributed by atoms with Crippen molar-refractivity contribution in [2.75, 3.05) is 32.7 Å². The minimum absolute atomic E-state index is 0.399. The lowest BCUT2D eigenvalue weighted by molar-refractivity contribution is 0.0927.